The van der Waals surface area contributed by atoms with Crippen molar-refractivity contribution < 1.29 is 23.4 Å². The number of aliphatic carboxylic acids is 1. The lowest BCUT2D eigenvalue weighted by Gasteiger charge is -2.35. The van der Waals surface area contributed by atoms with Crippen LogP contribution in [-0.4, -0.2) is 47.1 Å². The highest BCUT2D eigenvalue weighted by molar-refractivity contribution is 7.91. The number of hydrogen-bond acceptors (Lipinski definition) is 5. The van der Waals surface area contributed by atoms with Crippen LogP contribution in [0.15, 0.2) is 16.3 Å². The van der Waals surface area contributed by atoms with Crippen molar-refractivity contribution >= 4 is 27.3 Å². The first kappa shape index (κ1) is 15.0. The van der Waals surface area contributed by atoms with Gasteiger partial charge >= 0.3 is 5.97 Å². The number of sulfonamides is 1. The molecule has 2 N–H and O–H groups in total. The summed E-state index contributed by atoms with van der Waals surface area (Å²) in [5.41, 5.74) is 0. The highest BCUT2D eigenvalue weighted by Crippen LogP contribution is 2.40. The van der Waals surface area contributed by atoms with Crippen LogP contribution in [0.3, 0.4) is 0 Å². The summed E-state index contributed by atoms with van der Waals surface area (Å²) in [6.07, 6.45) is 1.97. The molecule has 8 heteroatoms. The van der Waals surface area contributed by atoms with Crippen LogP contribution in [0.4, 0.5) is 0 Å². The molecule has 2 saturated heterocycles. The van der Waals surface area contributed by atoms with Crippen molar-refractivity contribution in [1.29, 1.82) is 0 Å². The van der Waals surface area contributed by atoms with E-state index in [9.17, 15) is 18.3 Å². The predicted octanol–water partition coefficient (Wildman–Crippen LogP) is 1.05. The molecule has 0 aromatic carbocycles. The van der Waals surface area contributed by atoms with E-state index >= 15 is 0 Å². The maximum atomic E-state index is 12.8. The van der Waals surface area contributed by atoms with Gasteiger partial charge in [-0.3, -0.25) is 4.79 Å². The molecule has 1 aromatic rings. The molecular weight excluding hydrogens is 314 g/mol. The zero-order chi connectivity index (χ0) is 15.2. The van der Waals surface area contributed by atoms with Gasteiger partial charge in [0.05, 0.1) is 12.5 Å². The van der Waals surface area contributed by atoms with E-state index in [2.05, 4.69) is 0 Å². The Labute approximate surface area is 127 Å². The van der Waals surface area contributed by atoms with E-state index in [1.807, 2.05) is 0 Å². The number of carboxylic acids is 1. The first-order valence-corrected chi connectivity index (χ1v) is 9.15. The van der Waals surface area contributed by atoms with Crippen LogP contribution in [0.1, 0.15) is 30.6 Å². The monoisotopic (exact) mass is 331 g/mol. The Bertz CT molecular complexity index is 639. The molecule has 3 heterocycles. The first-order chi connectivity index (χ1) is 9.88. The van der Waals surface area contributed by atoms with Gasteiger partial charge in [-0.2, -0.15) is 4.31 Å². The topological polar surface area (TPSA) is 94.9 Å². The van der Waals surface area contributed by atoms with Gasteiger partial charge in [0, 0.05) is 17.0 Å². The Morgan fingerprint density at radius 3 is 2.48 bits per heavy atom. The molecule has 116 valence electrons. The number of nitrogens with zero attached hydrogens (tertiary/aromatic N) is 1. The summed E-state index contributed by atoms with van der Waals surface area (Å²) in [6, 6.07) is 2.79. The molecule has 3 rings (SSSR count). The molecule has 2 aliphatic rings. The Kier molecular flexibility index (Phi) is 3.81. The predicted molar refractivity (Wildman–Crippen MR) is 76.7 cm³/mol. The molecule has 2 fully saturated rings. The number of thiophene rings is 1. The van der Waals surface area contributed by atoms with E-state index in [0.29, 0.717) is 17.7 Å². The summed E-state index contributed by atoms with van der Waals surface area (Å²) in [7, 11) is -3.59. The van der Waals surface area contributed by atoms with Crippen LogP contribution < -0.4 is 0 Å². The lowest BCUT2D eigenvalue weighted by Crippen LogP contribution is -2.47. The molecule has 1 aromatic heterocycles. The average Bonchev–Trinajstić information content (AvgIpc) is 2.93. The third-order valence-electron chi connectivity index (χ3n) is 4.14. The van der Waals surface area contributed by atoms with E-state index in [1.54, 1.807) is 6.07 Å². The SMILES string of the molecule is O=C(O)Cc1ccc(S(=O)(=O)N2C3CCC2CC(O)C3)s1. The first-order valence-electron chi connectivity index (χ1n) is 6.90. The normalized spacial score (nSPS) is 29.7. The molecule has 0 amide bonds. The number of fused-ring (bicyclic) bond motifs is 2. The van der Waals surface area contributed by atoms with Gasteiger partial charge < -0.3 is 10.2 Å². The fraction of sp³-hybridized carbons (Fsp3) is 0.615. The third kappa shape index (κ3) is 2.73. The second-order valence-corrected chi connectivity index (χ2v) is 8.87. The second-order valence-electron chi connectivity index (χ2n) is 5.64. The van der Waals surface area contributed by atoms with E-state index in [1.165, 1.54) is 10.4 Å². The molecule has 2 bridgehead atoms. The van der Waals surface area contributed by atoms with Crippen molar-refractivity contribution in [2.24, 2.45) is 0 Å². The van der Waals surface area contributed by atoms with Crippen molar-refractivity contribution in [2.45, 2.75) is 54.5 Å². The van der Waals surface area contributed by atoms with Gasteiger partial charge in [0.2, 0.25) is 0 Å². The van der Waals surface area contributed by atoms with Crippen molar-refractivity contribution in [3.8, 4) is 0 Å². The summed E-state index contributed by atoms with van der Waals surface area (Å²) in [4.78, 5) is 11.2. The van der Waals surface area contributed by atoms with Gasteiger partial charge in [-0.25, -0.2) is 8.42 Å². The zero-order valence-electron chi connectivity index (χ0n) is 11.3. The molecule has 2 atom stereocenters. The van der Waals surface area contributed by atoms with Crippen molar-refractivity contribution in [1.82, 2.24) is 4.31 Å². The minimum atomic E-state index is -3.59. The lowest BCUT2D eigenvalue weighted by molar-refractivity contribution is -0.136. The summed E-state index contributed by atoms with van der Waals surface area (Å²) in [5.74, 6) is -0.970. The Morgan fingerprint density at radius 1 is 1.29 bits per heavy atom. The molecular formula is C13H17NO5S2. The van der Waals surface area contributed by atoms with Crippen LogP contribution in [0.5, 0.6) is 0 Å². The Hall–Kier alpha value is -0.960. The molecule has 0 saturated carbocycles. The van der Waals surface area contributed by atoms with E-state index in [-0.39, 0.29) is 22.7 Å². The molecule has 0 spiro atoms. The fourth-order valence-corrected chi connectivity index (χ4v) is 6.69. The number of carbonyl (C=O) groups is 1. The maximum absolute atomic E-state index is 12.8. The Morgan fingerprint density at radius 2 is 1.90 bits per heavy atom. The maximum Gasteiger partial charge on any atom is 0.308 e. The van der Waals surface area contributed by atoms with E-state index < -0.39 is 22.1 Å². The Balaban J connectivity index is 1.87. The number of hydrogen-bond donors (Lipinski definition) is 2. The largest absolute Gasteiger partial charge is 0.481 e. The van der Waals surface area contributed by atoms with Crippen molar-refractivity contribution in [3.63, 3.8) is 0 Å². The number of piperidine rings is 1. The van der Waals surface area contributed by atoms with Gasteiger partial charge in [-0.1, -0.05) is 0 Å². The minimum absolute atomic E-state index is 0.131. The van der Waals surface area contributed by atoms with Gasteiger partial charge in [0.1, 0.15) is 4.21 Å². The van der Waals surface area contributed by atoms with Crippen LogP contribution in [0.2, 0.25) is 0 Å². The molecule has 6 nitrogen and oxygen atoms in total. The smallest absolute Gasteiger partial charge is 0.308 e. The van der Waals surface area contributed by atoms with Crippen molar-refractivity contribution in [2.75, 3.05) is 0 Å². The average molecular weight is 331 g/mol. The number of rotatable bonds is 4. The standard InChI is InChI=1S/C13H17NO5S2/c15-10-5-8-1-2-9(6-10)14(8)21(18,19)13-4-3-11(20-13)7-12(16)17/h3-4,8-10,15H,1-2,5-7H2,(H,16,17). The third-order valence-corrected chi connectivity index (χ3v) is 7.69. The van der Waals surface area contributed by atoms with Crippen LogP contribution in [0, 0.1) is 0 Å². The fourth-order valence-electron chi connectivity index (χ4n) is 3.34. The van der Waals surface area contributed by atoms with E-state index in [4.69, 9.17) is 5.11 Å². The van der Waals surface area contributed by atoms with Gasteiger partial charge in [-0.15, -0.1) is 11.3 Å². The molecule has 2 aliphatic heterocycles. The number of carboxylic acid groups (broad SMARTS) is 1. The molecule has 0 aliphatic carbocycles. The quantitative estimate of drug-likeness (QED) is 0.860. The second kappa shape index (κ2) is 5.35. The highest BCUT2D eigenvalue weighted by Gasteiger charge is 2.47. The summed E-state index contributed by atoms with van der Waals surface area (Å²) in [6.45, 7) is 0. The number of aliphatic hydroxyl groups is 1. The summed E-state index contributed by atoms with van der Waals surface area (Å²) < 4.78 is 27.3. The number of aliphatic hydroxyl groups excluding tert-OH is 1. The van der Waals surface area contributed by atoms with Gasteiger partial charge in [-0.05, 0) is 37.8 Å². The molecule has 21 heavy (non-hydrogen) atoms. The molecule has 2 unspecified atom stereocenters. The van der Waals surface area contributed by atoms with Crippen LogP contribution in [-0.2, 0) is 21.2 Å². The van der Waals surface area contributed by atoms with Crippen molar-refractivity contribution in [3.05, 3.63) is 17.0 Å². The molecule has 0 radical (unpaired) electrons. The van der Waals surface area contributed by atoms with E-state index in [0.717, 1.165) is 24.2 Å². The zero-order valence-corrected chi connectivity index (χ0v) is 12.9. The van der Waals surface area contributed by atoms with Crippen LogP contribution in [0.25, 0.3) is 0 Å². The minimum Gasteiger partial charge on any atom is -0.481 e. The van der Waals surface area contributed by atoms with Gasteiger partial charge in [0.15, 0.2) is 0 Å². The summed E-state index contributed by atoms with van der Waals surface area (Å²) in [5, 5.41) is 18.5. The van der Waals surface area contributed by atoms with Crippen LogP contribution >= 0.6 is 11.3 Å². The summed E-state index contributed by atoms with van der Waals surface area (Å²) >= 11 is 1.02. The van der Waals surface area contributed by atoms with Gasteiger partial charge in [0.25, 0.3) is 10.0 Å². The highest BCUT2D eigenvalue weighted by atomic mass is 32.2. The lowest BCUT2D eigenvalue weighted by atomic mass is 10.0.